The summed E-state index contributed by atoms with van der Waals surface area (Å²) < 4.78 is 5.59. The van der Waals surface area contributed by atoms with Gasteiger partial charge in [0.1, 0.15) is 12.4 Å². The van der Waals surface area contributed by atoms with Crippen LogP contribution in [-0.4, -0.2) is 23.7 Å². The standard InChI is InChI=1S/C10H14N2O.2ClH/c1-10(4-6-12-10)8-13-9-3-2-5-11-7-9;;/h2-3,5,7,12H,4,6,8H2,1H3;2*1H/t10-;;/m1../s1. The molecule has 86 valence electrons. The van der Waals surface area contributed by atoms with E-state index in [2.05, 4.69) is 17.2 Å². The van der Waals surface area contributed by atoms with Crippen LogP contribution in [0.5, 0.6) is 5.75 Å². The average molecular weight is 251 g/mol. The second-order valence-corrected chi connectivity index (χ2v) is 3.71. The van der Waals surface area contributed by atoms with Gasteiger partial charge in [-0.15, -0.1) is 24.8 Å². The average Bonchev–Trinajstić information content (AvgIpc) is 2.13. The normalized spacial score (nSPS) is 23.0. The number of rotatable bonds is 3. The topological polar surface area (TPSA) is 34.1 Å². The SMILES string of the molecule is C[C@]1(COc2cccnc2)CCN1.Cl.Cl. The van der Waals surface area contributed by atoms with E-state index in [1.807, 2.05) is 12.1 Å². The molecule has 1 aromatic rings. The molecule has 1 saturated heterocycles. The summed E-state index contributed by atoms with van der Waals surface area (Å²) in [4.78, 5) is 3.98. The van der Waals surface area contributed by atoms with Gasteiger partial charge in [-0.25, -0.2) is 0 Å². The maximum Gasteiger partial charge on any atom is 0.137 e. The fourth-order valence-electron chi connectivity index (χ4n) is 1.35. The Kier molecular flexibility index (Phi) is 5.95. The van der Waals surface area contributed by atoms with Crippen molar-refractivity contribution in [1.82, 2.24) is 10.3 Å². The molecule has 0 amide bonds. The van der Waals surface area contributed by atoms with Crippen LogP contribution in [0.1, 0.15) is 13.3 Å². The lowest BCUT2D eigenvalue weighted by Gasteiger charge is -2.39. The van der Waals surface area contributed by atoms with Crippen LogP contribution in [0.2, 0.25) is 0 Å². The number of ether oxygens (including phenoxy) is 1. The van der Waals surface area contributed by atoms with Crippen LogP contribution in [0.25, 0.3) is 0 Å². The molecule has 3 nitrogen and oxygen atoms in total. The minimum Gasteiger partial charge on any atom is -0.490 e. The third kappa shape index (κ3) is 3.86. The van der Waals surface area contributed by atoms with Gasteiger partial charge in [-0.1, -0.05) is 0 Å². The van der Waals surface area contributed by atoms with E-state index in [1.165, 1.54) is 6.42 Å². The number of nitrogens with one attached hydrogen (secondary N) is 1. The molecule has 1 N–H and O–H groups in total. The fraction of sp³-hybridized carbons (Fsp3) is 0.500. The van der Waals surface area contributed by atoms with Gasteiger partial charge in [0.2, 0.25) is 0 Å². The van der Waals surface area contributed by atoms with Crippen LogP contribution in [0, 0.1) is 0 Å². The van der Waals surface area contributed by atoms with E-state index in [-0.39, 0.29) is 30.4 Å². The lowest BCUT2D eigenvalue weighted by atomic mass is 9.91. The molecule has 2 heterocycles. The van der Waals surface area contributed by atoms with E-state index in [0.29, 0.717) is 0 Å². The van der Waals surface area contributed by atoms with Crippen molar-refractivity contribution in [3.05, 3.63) is 24.5 Å². The molecule has 1 atom stereocenters. The molecule has 0 aromatic carbocycles. The Morgan fingerprint density at radius 3 is 2.73 bits per heavy atom. The van der Waals surface area contributed by atoms with Gasteiger partial charge in [0.05, 0.1) is 11.7 Å². The summed E-state index contributed by atoms with van der Waals surface area (Å²) in [7, 11) is 0. The zero-order chi connectivity index (χ0) is 9.15. The third-order valence-electron chi connectivity index (χ3n) is 2.42. The van der Waals surface area contributed by atoms with Gasteiger partial charge >= 0.3 is 0 Å². The number of hydrogen-bond donors (Lipinski definition) is 1. The second kappa shape index (κ2) is 6.16. The van der Waals surface area contributed by atoms with Crippen molar-refractivity contribution in [1.29, 1.82) is 0 Å². The monoisotopic (exact) mass is 250 g/mol. The van der Waals surface area contributed by atoms with Crippen molar-refractivity contribution in [2.24, 2.45) is 0 Å². The van der Waals surface area contributed by atoms with Crippen LogP contribution in [0.15, 0.2) is 24.5 Å². The number of hydrogen-bond acceptors (Lipinski definition) is 3. The maximum atomic E-state index is 5.59. The van der Waals surface area contributed by atoms with Crippen LogP contribution < -0.4 is 10.1 Å². The molecule has 1 fully saturated rings. The molecular weight excluding hydrogens is 235 g/mol. The first kappa shape index (κ1) is 14.5. The molecule has 0 unspecified atom stereocenters. The first-order chi connectivity index (χ1) is 6.29. The van der Waals surface area contributed by atoms with Crippen molar-refractivity contribution >= 4 is 24.8 Å². The predicted molar refractivity (Wildman–Crippen MR) is 65.3 cm³/mol. The zero-order valence-electron chi connectivity index (χ0n) is 8.60. The molecular formula is C10H16Cl2N2O. The number of halogens is 2. The van der Waals surface area contributed by atoms with Gasteiger partial charge in [0.25, 0.3) is 0 Å². The molecule has 0 aliphatic carbocycles. The summed E-state index contributed by atoms with van der Waals surface area (Å²) in [6.07, 6.45) is 4.67. The largest absolute Gasteiger partial charge is 0.490 e. The van der Waals surface area contributed by atoms with Crippen LogP contribution in [-0.2, 0) is 0 Å². The Morgan fingerprint density at radius 1 is 1.53 bits per heavy atom. The predicted octanol–water partition coefficient (Wildman–Crippen LogP) is 2.06. The Morgan fingerprint density at radius 2 is 2.27 bits per heavy atom. The van der Waals surface area contributed by atoms with Gasteiger partial charge in [-0.3, -0.25) is 4.98 Å². The highest BCUT2D eigenvalue weighted by Gasteiger charge is 2.31. The Bertz CT molecular complexity index is 278. The summed E-state index contributed by atoms with van der Waals surface area (Å²) in [5.74, 6) is 0.845. The van der Waals surface area contributed by atoms with Crippen LogP contribution in [0.3, 0.4) is 0 Å². The van der Waals surface area contributed by atoms with E-state index in [1.54, 1.807) is 12.4 Å². The highest BCUT2D eigenvalue weighted by Crippen LogP contribution is 2.19. The summed E-state index contributed by atoms with van der Waals surface area (Å²) in [5, 5.41) is 3.35. The van der Waals surface area contributed by atoms with Crippen molar-refractivity contribution in [2.45, 2.75) is 18.9 Å². The van der Waals surface area contributed by atoms with Gasteiger partial charge < -0.3 is 10.1 Å². The van der Waals surface area contributed by atoms with E-state index in [9.17, 15) is 0 Å². The van der Waals surface area contributed by atoms with E-state index in [0.717, 1.165) is 18.9 Å². The van der Waals surface area contributed by atoms with Crippen molar-refractivity contribution in [3.8, 4) is 5.75 Å². The Labute approximate surface area is 102 Å². The molecule has 0 bridgehead atoms. The number of pyridine rings is 1. The van der Waals surface area contributed by atoms with Gasteiger partial charge in [0.15, 0.2) is 0 Å². The van der Waals surface area contributed by atoms with E-state index >= 15 is 0 Å². The fourth-order valence-corrected chi connectivity index (χ4v) is 1.35. The molecule has 5 heteroatoms. The number of nitrogens with zero attached hydrogens (tertiary/aromatic N) is 1. The number of aromatic nitrogens is 1. The third-order valence-corrected chi connectivity index (χ3v) is 2.42. The van der Waals surface area contributed by atoms with E-state index in [4.69, 9.17) is 4.74 Å². The van der Waals surface area contributed by atoms with Crippen molar-refractivity contribution < 1.29 is 4.74 Å². The van der Waals surface area contributed by atoms with Crippen LogP contribution >= 0.6 is 24.8 Å². The first-order valence-corrected chi connectivity index (χ1v) is 4.56. The van der Waals surface area contributed by atoms with Gasteiger partial charge in [-0.05, 0) is 32.0 Å². The molecule has 15 heavy (non-hydrogen) atoms. The zero-order valence-corrected chi connectivity index (χ0v) is 10.2. The quantitative estimate of drug-likeness (QED) is 0.892. The first-order valence-electron chi connectivity index (χ1n) is 4.56. The van der Waals surface area contributed by atoms with Gasteiger partial charge in [0, 0.05) is 6.20 Å². The highest BCUT2D eigenvalue weighted by atomic mass is 35.5. The highest BCUT2D eigenvalue weighted by molar-refractivity contribution is 5.85. The molecule has 2 rings (SSSR count). The van der Waals surface area contributed by atoms with Crippen molar-refractivity contribution in [3.63, 3.8) is 0 Å². The van der Waals surface area contributed by atoms with Crippen molar-refractivity contribution in [2.75, 3.05) is 13.2 Å². The molecule has 1 aliphatic rings. The Balaban J connectivity index is 0.000000980. The smallest absolute Gasteiger partial charge is 0.137 e. The summed E-state index contributed by atoms with van der Waals surface area (Å²) in [6, 6.07) is 3.81. The second-order valence-electron chi connectivity index (χ2n) is 3.71. The van der Waals surface area contributed by atoms with Gasteiger partial charge in [-0.2, -0.15) is 0 Å². The lowest BCUT2D eigenvalue weighted by molar-refractivity contribution is 0.132. The van der Waals surface area contributed by atoms with Crippen LogP contribution in [0.4, 0.5) is 0 Å². The summed E-state index contributed by atoms with van der Waals surface area (Å²) >= 11 is 0. The molecule has 1 aliphatic heterocycles. The maximum absolute atomic E-state index is 5.59. The van der Waals surface area contributed by atoms with E-state index < -0.39 is 0 Å². The summed E-state index contributed by atoms with van der Waals surface area (Å²) in [5.41, 5.74) is 0.176. The minimum atomic E-state index is 0. The molecule has 0 radical (unpaired) electrons. The molecule has 1 aromatic heterocycles. The Hall–Kier alpha value is -0.510. The summed E-state index contributed by atoms with van der Waals surface area (Å²) in [6.45, 7) is 4.00. The minimum absolute atomic E-state index is 0. The lowest BCUT2D eigenvalue weighted by Crippen LogP contribution is -2.58. The molecule has 0 saturated carbocycles. The molecule has 0 spiro atoms.